The molecule has 1 heterocycles. The number of carbonyl (C=O) groups is 1. The van der Waals surface area contributed by atoms with Crippen LogP contribution in [0.3, 0.4) is 0 Å². The van der Waals surface area contributed by atoms with Gasteiger partial charge < -0.3 is 5.32 Å². The molecule has 3 nitrogen and oxygen atoms in total. The van der Waals surface area contributed by atoms with Gasteiger partial charge in [-0.15, -0.1) is 0 Å². The molecule has 18 heavy (non-hydrogen) atoms. The highest BCUT2D eigenvalue weighted by Gasteiger charge is 2.05. The van der Waals surface area contributed by atoms with E-state index in [0.29, 0.717) is 18.7 Å². The van der Waals surface area contributed by atoms with Gasteiger partial charge in [-0.2, -0.15) is 0 Å². The summed E-state index contributed by atoms with van der Waals surface area (Å²) in [6.07, 6.45) is 2.31. The van der Waals surface area contributed by atoms with Gasteiger partial charge in [0.05, 0.1) is 0 Å². The van der Waals surface area contributed by atoms with Crippen LogP contribution in [0.25, 0.3) is 0 Å². The molecule has 1 N–H and O–H groups in total. The van der Waals surface area contributed by atoms with E-state index in [0.717, 1.165) is 10.6 Å². The predicted molar refractivity (Wildman–Crippen MR) is 71.7 cm³/mol. The third-order valence-corrected chi connectivity index (χ3v) is 2.90. The molecule has 0 spiro atoms. The molecule has 4 heteroatoms. The number of amides is 1. The molecule has 0 aliphatic rings. The van der Waals surface area contributed by atoms with Crippen LogP contribution in [-0.2, 0) is 6.42 Å². The summed E-state index contributed by atoms with van der Waals surface area (Å²) in [5.41, 5.74) is 1.46. The summed E-state index contributed by atoms with van der Waals surface area (Å²) in [5, 5.41) is 3.54. The standard InChI is InChI=1S/C14H13ClN2O/c15-12-6-2-1-5-11(12)8-10-17-14(18)13-7-3-4-9-16-13/h1-7,9H,8,10H2,(H,17,18). The minimum Gasteiger partial charge on any atom is -0.350 e. The van der Waals surface area contributed by atoms with Gasteiger partial charge in [0.25, 0.3) is 5.91 Å². The van der Waals surface area contributed by atoms with Gasteiger partial charge in [0.2, 0.25) is 0 Å². The first kappa shape index (κ1) is 12.6. The number of pyridine rings is 1. The monoisotopic (exact) mass is 260 g/mol. The molecule has 0 radical (unpaired) electrons. The summed E-state index contributed by atoms with van der Waals surface area (Å²) in [6.45, 7) is 0.541. The van der Waals surface area contributed by atoms with Gasteiger partial charge in [-0.1, -0.05) is 35.9 Å². The number of aromatic nitrogens is 1. The number of rotatable bonds is 4. The van der Waals surface area contributed by atoms with E-state index in [2.05, 4.69) is 10.3 Å². The lowest BCUT2D eigenvalue weighted by molar-refractivity contribution is 0.0949. The molecular formula is C14H13ClN2O. The largest absolute Gasteiger partial charge is 0.350 e. The van der Waals surface area contributed by atoms with E-state index in [1.807, 2.05) is 24.3 Å². The van der Waals surface area contributed by atoms with Crippen molar-refractivity contribution in [3.05, 3.63) is 64.9 Å². The molecule has 1 aromatic heterocycles. The van der Waals surface area contributed by atoms with Crippen LogP contribution < -0.4 is 5.32 Å². The van der Waals surface area contributed by atoms with Gasteiger partial charge in [0.15, 0.2) is 0 Å². The number of halogens is 1. The summed E-state index contributed by atoms with van der Waals surface area (Å²) in [5.74, 6) is -0.164. The van der Waals surface area contributed by atoms with Gasteiger partial charge in [-0.25, -0.2) is 0 Å². The SMILES string of the molecule is O=C(NCCc1ccccc1Cl)c1ccccn1. The predicted octanol–water partition coefficient (Wildman–Crippen LogP) is 2.71. The van der Waals surface area contributed by atoms with Crippen LogP contribution in [0.15, 0.2) is 48.7 Å². The molecule has 0 saturated heterocycles. The second kappa shape index (κ2) is 6.17. The number of nitrogens with zero attached hydrogens (tertiary/aromatic N) is 1. The number of benzene rings is 1. The molecule has 0 saturated carbocycles. The fraction of sp³-hybridized carbons (Fsp3) is 0.143. The maximum absolute atomic E-state index is 11.7. The number of carbonyl (C=O) groups excluding carboxylic acids is 1. The van der Waals surface area contributed by atoms with Crippen LogP contribution in [0, 0.1) is 0 Å². The van der Waals surface area contributed by atoms with Crippen LogP contribution in [0.4, 0.5) is 0 Å². The van der Waals surface area contributed by atoms with E-state index in [1.165, 1.54) is 0 Å². The van der Waals surface area contributed by atoms with Crippen molar-refractivity contribution in [1.82, 2.24) is 10.3 Å². The molecule has 0 unspecified atom stereocenters. The van der Waals surface area contributed by atoms with E-state index in [9.17, 15) is 4.79 Å². The molecule has 0 fully saturated rings. The van der Waals surface area contributed by atoms with Crippen molar-refractivity contribution >= 4 is 17.5 Å². The highest BCUT2D eigenvalue weighted by molar-refractivity contribution is 6.31. The number of nitrogens with one attached hydrogen (secondary N) is 1. The second-order valence-electron chi connectivity index (χ2n) is 3.81. The fourth-order valence-corrected chi connectivity index (χ4v) is 1.83. The smallest absolute Gasteiger partial charge is 0.269 e. The Hall–Kier alpha value is -1.87. The maximum atomic E-state index is 11.7. The topological polar surface area (TPSA) is 42.0 Å². The Labute approximate surface area is 111 Å². The van der Waals surface area contributed by atoms with Crippen molar-refractivity contribution in [1.29, 1.82) is 0 Å². The third kappa shape index (κ3) is 3.31. The average molecular weight is 261 g/mol. The molecule has 92 valence electrons. The first-order chi connectivity index (χ1) is 8.77. The van der Waals surface area contributed by atoms with Crippen LogP contribution in [0.5, 0.6) is 0 Å². The zero-order valence-electron chi connectivity index (χ0n) is 9.77. The van der Waals surface area contributed by atoms with Gasteiger partial charge >= 0.3 is 0 Å². The van der Waals surface area contributed by atoms with Crippen molar-refractivity contribution in [3.63, 3.8) is 0 Å². The van der Waals surface area contributed by atoms with Crippen molar-refractivity contribution in [2.24, 2.45) is 0 Å². The van der Waals surface area contributed by atoms with Crippen LogP contribution in [-0.4, -0.2) is 17.4 Å². The van der Waals surface area contributed by atoms with Gasteiger partial charge in [-0.05, 0) is 30.2 Å². The summed E-state index contributed by atoms with van der Waals surface area (Å²) >= 11 is 6.03. The quantitative estimate of drug-likeness (QED) is 0.918. The van der Waals surface area contributed by atoms with Crippen molar-refractivity contribution < 1.29 is 4.79 Å². The highest BCUT2D eigenvalue weighted by Crippen LogP contribution is 2.14. The Balaban J connectivity index is 1.86. The second-order valence-corrected chi connectivity index (χ2v) is 4.22. The molecule has 2 rings (SSSR count). The molecular weight excluding hydrogens is 248 g/mol. The molecule has 0 bridgehead atoms. The van der Waals surface area contributed by atoms with Crippen LogP contribution in [0.1, 0.15) is 16.1 Å². The first-order valence-corrected chi connectivity index (χ1v) is 6.08. The molecule has 1 amide bonds. The van der Waals surface area contributed by atoms with Gasteiger partial charge in [0, 0.05) is 17.8 Å². The lowest BCUT2D eigenvalue weighted by Crippen LogP contribution is -2.26. The summed E-state index contributed by atoms with van der Waals surface area (Å²) in [7, 11) is 0. The third-order valence-electron chi connectivity index (χ3n) is 2.54. The van der Waals surface area contributed by atoms with E-state index < -0.39 is 0 Å². The number of hydrogen-bond donors (Lipinski definition) is 1. The Kier molecular flexibility index (Phi) is 4.31. The lowest BCUT2D eigenvalue weighted by atomic mass is 10.1. The van der Waals surface area contributed by atoms with Crippen molar-refractivity contribution in [3.8, 4) is 0 Å². The van der Waals surface area contributed by atoms with E-state index >= 15 is 0 Å². The minimum atomic E-state index is -0.164. The Morgan fingerprint density at radius 2 is 1.94 bits per heavy atom. The lowest BCUT2D eigenvalue weighted by Gasteiger charge is -2.06. The number of hydrogen-bond acceptors (Lipinski definition) is 2. The maximum Gasteiger partial charge on any atom is 0.269 e. The Morgan fingerprint density at radius 3 is 2.67 bits per heavy atom. The average Bonchev–Trinajstić information content (AvgIpc) is 2.42. The van der Waals surface area contributed by atoms with Crippen molar-refractivity contribution in [2.45, 2.75) is 6.42 Å². The van der Waals surface area contributed by atoms with Crippen molar-refractivity contribution in [2.75, 3.05) is 6.54 Å². The molecule has 2 aromatic rings. The Bertz CT molecular complexity index is 528. The molecule has 0 aliphatic heterocycles. The summed E-state index contributed by atoms with van der Waals surface area (Å²) in [4.78, 5) is 15.7. The fourth-order valence-electron chi connectivity index (χ4n) is 1.60. The molecule has 1 aromatic carbocycles. The normalized spacial score (nSPS) is 10.1. The molecule has 0 atom stereocenters. The summed E-state index contributed by atoms with van der Waals surface area (Å²) < 4.78 is 0. The van der Waals surface area contributed by atoms with Gasteiger partial charge in [0.1, 0.15) is 5.69 Å². The van der Waals surface area contributed by atoms with Gasteiger partial charge in [-0.3, -0.25) is 9.78 Å². The zero-order chi connectivity index (χ0) is 12.8. The zero-order valence-corrected chi connectivity index (χ0v) is 10.5. The van der Waals surface area contributed by atoms with E-state index in [4.69, 9.17) is 11.6 Å². The first-order valence-electron chi connectivity index (χ1n) is 5.70. The van der Waals surface area contributed by atoms with Crippen LogP contribution >= 0.6 is 11.6 Å². The highest BCUT2D eigenvalue weighted by atomic mass is 35.5. The minimum absolute atomic E-state index is 0.164. The van der Waals surface area contributed by atoms with Crippen LogP contribution in [0.2, 0.25) is 5.02 Å². The van der Waals surface area contributed by atoms with E-state index in [1.54, 1.807) is 24.4 Å². The Morgan fingerprint density at radius 1 is 1.17 bits per heavy atom. The summed E-state index contributed by atoms with van der Waals surface area (Å²) in [6, 6.07) is 12.9. The van der Waals surface area contributed by atoms with E-state index in [-0.39, 0.29) is 5.91 Å². The molecule has 0 aliphatic carbocycles.